The highest BCUT2D eigenvalue weighted by atomic mass is 32.2. The lowest BCUT2D eigenvalue weighted by atomic mass is 10.2. The van der Waals surface area contributed by atoms with Gasteiger partial charge in [0, 0.05) is 24.5 Å². The van der Waals surface area contributed by atoms with Crippen LogP contribution in [-0.2, 0) is 16.6 Å². The summed E-state index contributed by atoms with van der Waals surface area (Å²) in [7, 11) is -3.57. The Morgan fingerprint density at radius 2 is 1.71 bits per heavy atom. The molecule has 7 heteroatoms. The van der Waals surface area contributed by atoms with Crippen LogP contribution in [0.15, 0.2) is 54.9 Å². The van der Waals surface area contributed by atoms with Gasteiger partial charge >= 0.3 is 0 Å². The van der Waals surface area contributed by atoms with Crippen LogP contribution in [0.25, 0.3) is 0 Å². The Morgan fingerprint density at radius 1 is 1.04 bits per heavy atom. The Balaban J connectivity index is 2.01. The fraction of sp³-hybridized carbons (Fsp3) is 0.353. The smallest absolute Gasteiger partial charge is 0.241 e. The van der Waals surface area contributed by atoms with Crippen LogP contribution in [0.5, 0.6) is 0 Å². The van der Waals surface area contributed by atoms with Crippen molar-refractivity contribution in [3.63, 3.8) is 0 Å². The van der Waals surface area contributed by atoms with E-state index < -0.39 is 15.3 Å². The molecule has 24 heavy (non-hydrogen) atoms. The molecule has 1 aromatic carbocycles. The number of sulfonamides is 1. The minimum absolute atomic E-state index is 0.176. The second kappa shape index (κ2) is 6.88. The number of hydrazine groups is 1. The maximum absolute atomic E-state index is 13.4. The maximum Gasteiger partial charge on any atom is 0.241 e. The number of benzene rings is 1. The second-order valence-corrected chi connectivity index (χ2v) is 8.09. The van der Waals surface area contributed by atoms with E-state index >= 15 is 0 Å². The van der Waals surface area contributed by atoms with Crippen LogP contribution in [0.2, 0.25) is 0 Å². The van der Waals surface area contributed by atoms with Crippen molar-refractivity contribution < 1.29 is 8.42 Å². The van der Waals surface area contributed by atoms with Crippen molar-refractivity contribution in [1.82, 2.24) is 15.8 Å². The topological polar surface area (TPSA) is 74.3 Å². The van der Waals surface area contributed by atoms with Gasteiger partial charge in [0.1, 0.15) is 5.25 Å². The highest BCUT2D eigenvalue weighted by molar-refractivity contribution is 7.93. The molecular weight excluding hydrogens is 324 g/mol. The summed E-state index contributed by atoms with van der Waals surface area (Å²) in [6.45, 7) is 4.02. The first-order valence-electron chi connectivity index (χ1n) is 7.96. The van der Waals surface area contributed by atoms with Crippen LogP contribution in [0.3, 0.4) is 0 Å². The van der Waals surface area contributed by atoms with Gasteiger partial charge in [-0.05, 0) is 37.6 Å². The van der Waals surface area contributed by atoms with Crippen molar-refractivity contribution in [3.8, 4) is 0 Å². The standard InChI is InChI=1S/C17H22N4O2S/c1-13-17(14(2)20-19-13)24(22,23)21(16-8-4-3-5-9-16)12-15-7-6-10-18-11-15/h3-11,13-14,17,19-20H,12H2,1-2H3. The Bertz CT molecular complexity index is 758. The number of nitrogens with zero attached hydrogens (tertiary/aromatic N) is 2. The molecule has 1 aliphatic heterocycles. The largest absolute Gasteiger partial charge is 0.265 e. The first-order chi connectivity index (χ1) is 11.5. The summed E-state index contributed by atoms with van der Waals surface area (Å²) in [5, 5.41) is -0.547. The van der Waals surface area contributed by atoms with Crippen molar-refractivity contribution in [2.24, 2.45) is 0 Å². The molecule has 1 aliphatic rings. The zero-order valence-electron chi connectivity index (χ0n) is 13.8. The van der Waals surface area contributed by atoms with E-state index in [2.05, 4.69) is 15.8 Å². The van der Waals surface area contributed by atoms with E-state index in [1.165, 1.54) is 4.31 Å². The van der Waals surface area contributed by atoms with E-state index in [4.69, 9.17) is 0 Å². The normalized spacial score (nSPS) is 24.0. The van der Waals surface area contributed by atoms with E-state index in [0.717, 1.165) is 5.56 Å². The predicted molar refractivity (Wildman–Crippen MR) is 94.8 cm³/mol. The van der Waals surface area contributed by atoms with Crippen LogP contribution in [0, 0.1) is 0 Å². The summed E-state index contributed by atoms with van der Waals surface area (Å²) >= 11 is 0. The summed E-state index contributed by atoms with van der Waals surface area (Å²) in [5.74, 6) is 0. The molecule has 0 radical (unpaired) electrons. The van der Waals surface area contributed by atoms with Crippen molar-refractivity contribution >= 4 is 15.7 Å². The van der Waals surface area contributed by atoms with Gasteiger partial charge in [0.15, 0.2) is 0 Å². The Kier molecular flexibility index (Phi) is 4.84. The van der Waals surface area contributed by atoms with Crippen molar-refractivity contribution in [2.45, 2.75) is 37.7 Å². The van der Waals surface area contributed by atoms with E-state index in [9.17, 15) is 8.42 Å². The summed E-state index contributed by atoms with van der Waals surface area (Å²) in [6.07, 6.45) is 3.38. The number of para-hydroxylation sites is 1. The van der Waals surface area contributed by atoms with Gasteiger partial charge in [0.25, 0.3) is 0 Å². The average molecular weight is 346 g/mol. The van der Waals surface area contributed by atoms with E-state index in [1.807, 2.05) is 56.3 Å². The third-order valence-electron chi connectivity index (χ3n) is 4.27. The molecule has 3 rings (SSSR count). The van der Waals surface area contributed by atoms with Crippen LogP contribution >= 0.6 is 0 Å². The lowest BCUT2D eigenvalue weighted by molar-refractivity contribution is 0.553. The molecule has 6 nitrogen and oxygen atoms in total. The molecule has 0 spiro atoms. The third kappa shape index (κ3) is 3.28. The number of nitrogens with one attached hydrogen (secondary N) is 2. The first-order valence-corrected chi connectivity index (χ1v) is 9.47. The Morgan fingerprint density at radius 3 is 2.29 bits per heavy atom. The van der Waals surface area contributed by atoms with E-state index in [0.29, 0.717) is 5.69 Å². The van der Waals surface area contributed by atoms with Gasteiger partial charge in [-0.2, -0.15) is 0 Å². The summed E-state index contributed by atoms with van der Waals surface area (Å²) in [4.78, 5) is 4.09. The van der Waals surface area contributed by atoms with Gasteiger partial charge in [0.05, 0.1) is 12.2 Å². The van der Waals surface area contributed by atoms with Gasteiger partial charge in [-0.1, -0.05) is 24.3 Å². The minimum atomic E-state index is -3.57. The highest BCUT2D eigenvalue weighted by Gasteiger charge is 2.43. The molecular formula is C17H22N4O2S. The lowest BCUT2D eigenvalue weighted by Gasteiger charge is -2.30. The van der Waals surface area contributed by atoms with Crippen LogP contribution in [-0.4, -0.2) is 30.7 Å². The van der Waals surface area contributed by atoms with Gasteiger partial charge in [-0.3, -0.25) is 20.1 Å². The summed E-state index contributed by atoms with van der Waals surface area (Å²) in [6, 6.07) is 12.6. The van der Waals surface area contributed by atoms with Crippen LogP contribution in [0.1, 0.15) is 19.4 Å². The summed E-state index contributed by atoms with van der Waals surface area (Å²) < 4.78 is 28.3. The molecule has 1 aromatic heterocycles. The van der Waals surface area contributed by atoms with E-state index in [1.54, 1.807) is 12.4 Å². The molecule has 2 heterocycles. The zero-order valence-corrected chi connectivity index (χ0v) is 14.6. The van der Waals surface area contributed by atoms with Crippen LogP contribution < -0.4 is 15.2 Å². The Labute approximate surface area is 142 Å². The molecule has 0 amide bonds. The van der Waals surface area contributed by atoms with Crippen LogP contribution in [0.4, 0.5) is 5.69 Å². The van der Waals surface area contributed by atoms with Crippen molar-refractivity contribution in [3.05, 3.63) is 60.4 Å². The number of hydrogen-bond donors (Lipinski definition) is 2. The number of pyridine rings is 1. The van der Waals surface area contributed by atoms with Gasteiger partial charge in [-0.25, -0.2) is 8.42 Å². The molecule has 1 fully saturated rings. The number of anilines is 1. The van der Waals surface area contributed by atoms with E-state index in [-0.39, 0.29) is 18.6 Å². The molecule has 2 N–H and O–H groups in total. The fourth-order valence-corrected chi connectivity index (χ4v) is 5.31. The maximum atomic E-state index is 13.4. The third-order valence-corrected chi connectivity index (χ3v) is 6.73. The minimum Gasteiger partial charge on any atom is -0.265 e. The molecule has 2 unspecified atom stereocenters. The number of rotatable bonds is 5. The Hall–Kier alpha value is -1.96. The molecule has 128 valence electrons. The number of aromatic nitrogens is 1. The molecule has 2 atom stereocenters. The molecule has 0 saturated carbocycles. The molecule has 1 saturated heterocycles. The second-order valence-electron chi connectivity index (χ2n) is 6.08. The molecule has 0 bridgehead atoms. The lowest BCUT2D eigenvalue weighted by Crippen LogP contribution is -2.46. The summed E-state index contributed by atoms with van der Waals surface area (Å²) in [5.41, 5.74) is 7.57. The average Bonchev–Trinajstić information content (AvgIpc) is 2.93. The van der Waals surface area contributed by atoms with Crippen molar-refractivity contribution in [2.75, 3.05) is 4.31 Å². The SMILES string of the molecule is CC1NNC(C)C1S(=O)(=O)N(Cc1cccnc1)c1ccccc1. The number of hydrogen-bond acceptors (Lipinski definition) is 5. The van der Waals surface area contributed by atoms with Crippen molar-refractivity contribution in [1.29, 1.82) is 0 Å². The fourth-order valence-electron chi connectivity index (χ4n) is 3.10. The highest BCUT2D eigenvalue weighted by Crippen LogP contribution is 2.27. The quantitative estimate of drug-likeness (QED) is 0.861. The van der Waals surface area contributed by atoms with Gasteiger partial charge in [-0.15, -0.1) is 0 Å². The molecule has 0 aliphatic carbocycles. The first kappa shape index (κ1) is 16.9. The zero-order chi connectivity index (χ0) is 17.2. The van der Waals surface area contributed by atoms with Gasteiger partial charge in [0.2, 0.25) is 10.0 Å². The predicted octanol–water partition coefficient (Wildman–Crippen LogP) is 1.67. The van der Waals surface area contributed by atoms with Gasteiger partial charge < -0.3 is 0 Å². The molecule has 2 aromatic rings. The monoisotopic (exact) mass is 346 g/mol.